The number of rotatable bonds is 4. The van der Waals surface area contributed by atoms with Gasteiger partial charge in [0.05, 0.1) is 6.61 Å². The second-order valence-corrected chi connectivity index (χ2v) is 4.37. The third-order valence-corrected chi connectivity index (χ3v) is 2.33. The van der Waals surface area contributed by atoms with Gasteiger partial charge in [-0.3, -0.25) is 4.79 Å². The molecule has 0 bridgehead atoms. The number of anilines is 1. The van der Waals surface area contributed by atoms with Crippen molar-refractivity contribution in [2.75, 3.05) is 11.9 Å². The number of carbonyl (C=O) groups excluding carboxylic acids is 1. The minimum atomic E-state index is -0.0877. The topological polar surface area (TPSA) is 51.2 Å². The Balaban J connectivity index is 2.91. The van der Waals surface area contributed by atoms with Crippen LogP contribution in [0, 0.1) is 5.92 Å². The number of carbonyl (C=O) groups is 1. The molecule has 0 fully saturated rings. The average molecular weight is 287 g/mol. The first kappa shape index (κ1) is 13.0. The summed E-state index contributed by atoms with van der Waals surface area (Å²) in [6.45, 7) is 6.07. The van der Waals surface area contributed by atoms with Gasteiger partial charge in [-0.2, -0.15) is 0 Å². The van der Waals surface area contributed by atoms with E-state index in [0.29, 0.717) is 22.8 Å². The van der Waals surface area contributed by atoms with Crippen LogP contribution in [0.1, 0.15) is 20.8 Å². The van der Waals surface area contributed by atoms with Crippen LogP contribution in [0.4, 0.5) is 5.82 Å². The monoisotopic (exact) mass is 286 g/mol. The normalized spacial score (nSPS) is 10.3. The number of nitrogens with one attached hydrogen (secondary N) is 1. The van der Waals surface area contributed by atoms with Crippen LogP contribution in [-0.4, -0.2) is 17.5 Å². The van der Waals surface area contributed by atoms with Crippen molar-refractivity contribution in [3.8, 4) is 5.75 Å². The van der Waals surface area contributed by atoms with Crippen LogP contribution in [-0.2, 0) is 4.79 Å². The average Bonchev–Trinajstić information content (AvgIpc) is 2.22. The van der Waals surface area contributed by atoms with Gasteiger partial charge in [0.15, 0.2) is 11.6 Å². The summed E-state index contributed by atoms with van der Waals surface area (Å²) < 4.78 is 6.04. The number of pyridine rings is 1. The highest BCUT2D eigenvalue weighted by Crippen LogP contribution is 2.24. The zero-order valence-corrected chi connectivity index (χ0v) is 11.2. The SMILES string of the molecule is CCOc1ccc(Br)nc1NC(=O)C(C)C. The number of ether oxygens (including phenoxy) is 1. The molecular formula is C11H15BrN2O2. The summed E-state index contributed by atoms with van der Waals surface area (Å²) in [5, 5.41) is 2.73. The highest BCUT2D eigenvalue weighted by molar-refractivity contribution is 9.10. The molecule has 1 aromatic rings. The maximum Gasteiger partial charge on any atom is 0.228 e. The number of hydrogen-bond acceptors (Lipinski definition) is 3. The first-order valence-electron chi connectivity index (χ1n) is 5.14. The van der Waals surface area contributed by atoms with E-state index in [1.165, 1.54) is 0 Å². The molecule has 16 heavy (non-hydrogen) atoms. The molecule has 0 aliphatic carbocycles. The standard InChI is InChI=1S/C11H15BrN2O2/c1-4-16-8-5-6-9(12)13-10(8)14-11(15)7(2)3/h5-7H,4H2,1-3H3,(H,13,14,15). The molecule has 0 unspecified atom stereocenters. The zero-order valence-electron chi connectivity index (χ0n) is 9.58. The first-order valence-corrected chi connectivity index (χ1v) is 5.94. The van der Waals surface area contributed by atoms with E-state index in [4.69, 9.17) is 4.74 Å². The molecule has 0 radical (unpaired) electrons. The van der Waals surface area contributed by atoms with Crippen LogP contribution in [0.2, 0.25) is 0 Å². The minimum absolute atomic E-state index is 0.0773. The van der Waals surface area contributed by atoms with E-state index in [1.54, 1.807) is 12.1 Å². The quantitative estimate of drug-likeness (QED) is 0.866. The van der Waals surface area contributed by atoms with Crippen LogP contribution in [0.3, 0.4) is 0 Å². The molecule has 4 nitrogen and oxygen atoms in total. The molecule has 5 heteroatoms. The Kier molecular flexibility index (Phi) is 4.73. The fourth-order valence-corrected chi connectivity index (χ4v) is 1.35. The van der Waals surface area contributed by atoms with Crippen molar-refractivity contribution < 1.29 is 9.53 Å². The van der Waals surface area contributed by atoms with Gasteiger partial charge in [-0.05, 0) is 35.0 Å². The number of hydrogen-bond donors (Lipinski definition) is 1. The van der Waals surface area contributed by atoms with Gasteiger partial charge < -0.3 is 10.1 Å². The number of nitrogens with zero attached hydrogens (tertiary/aromatic N) is 1. The van der Waals surface area contributed by atoms with Crippen molar-refractivity contribution in [1.82, 2.24) is 4.98 Å². The van der Waals surface area contributed by atoms with E-state index in [-0.39, 0.29) is 11.8 Å². The Bertz CT molecular complexity index is 380. The highest BCUT2D eigenvalue weighted by atomic mass is 79.9. The molecule has 1 N–H and O–H groups in total. The second-order valence-electron chi connectivity index (χ2n) is 3.56. The molecule has 88 valence electrons. The fourth-order valence-electron chi connectivity index (χ4n) is 1.05. The lowest BCUT2D eigenvalue weighted by Gasteiger charge is -2.11. The summed E-state index contributed by atoms with van der Waals surface area (Å²) in [7, 11) is 0. The fraction of sp³-hybridized carbons (Fsp3) is 0.455. The second kappa shape index (κ2) is 5.84. The summed E-state index contributed by atoms with van der Waals surface area (Å²) in [5.74, 6) is 0.872. The molecule has 0 aliphatic heterocycles. The van der Waals surface area contributed by atoms with Gasteiger partial charge in [-0.1, -0.05) is 13.8 Å². The number of aromatic nitrogens is 1. The summed E-state index contributed by atoms with van der Waals surface area (Å²) in [6.07, 6.45) is 0. The summed E-state index contributed by atoms with van der Waals surface area (Å²) in [5.41, 5.74) is 0. The third-order valence-electron chi connectivity index (χ3n) is 1.89. The van der Waals surface area contributed by atoms with Gasteiger partial charge >= 0.3 is 0 Å². The molecule has 1 rings (SSSR count). The smallest absolute Gasteiger partial charge is 0.228 e. The third kappa shape index (κ3) is 3.48. The Hall–Kier alpha value is -1.10. The molecule has 0 atom stereocenters. The Morgan fingerprint density at radius 3 is 2.81 bits per heavy atom. The molecule has 0 spiro atoms. The lowest BCUT2D eigenvalue weighted by Crippen LogP contribution is -2.19. The molecule has 0 aliphatic rings. The van der Waals surface area contributed by atoms with Crippen LogP contribution in [0.15, 0.2) is 16.7 Å². The van der Waals surface area contributed by atoms with E-state index in [9.17, 15) is 4.79 Å². The molecule has 0 saturated heterocycles. The van der Waals surface area contributed by atoms with E-state index < -0.39 is 0 Å². The Morgan fingerprint density at radius 1 is 1.56 bits per heavy atom. The number of halogens is 1. The highest BCUT2D eigenvalue weighted by Gasteiger charge is 2.12. The largest absolute Gasteiger partial charge is 0.490 e. The maximum atomic E-state index is 11.6. The van der Waals surface area contributed by atoms with Gasteiger partial charge in [-0.25, -0.2) is 4.98 Å². The van der Waals surface area contributed by atoms with Crippen LogP contribution in [0.5, 0.6) is 5.75 Å². The van der Waals surface area contributed by atoms with Gasteiger partial charge in [-0.15, -0.1) is 0 Å². The zero-order chi connectivity index (χ0) is 12.1. The minimum Gasteiger partial charge on any atom is -0.490 e. The maximum absolute atomic E-state index is 11.6. The molecule has 0 saturated carbocycles. The van der Waals surface area contributed by atoms with Crippen molar-refractivity contribution in [2.24, 2.45) is 5.92 Å². The number of amides is 1. The predicted octanol–water partition coefficient (Wildman–Crippen LogP) is 2.84. The van der Waals surface area contributed by atoms with E-state index in [0.717, 1.165) is 0 Å². The molecule has 0 aromatic carbocycles. The van der Waals surface area contributed by atoms with Crippen molar-refractivity contribution >= 4 is 27.7 Å². The summed E-state index contributed by atoms with van der Waals surface area (Å²) in [4.78, 5) is 15.7. The van der Waals surface area contributed by atoms with E-state index in [2.05, 4.69) is 26.2 Å². The predicted molar refractivity (Wildman–Crippen MR) is 66.6 cm³/mol. The van der Waals surface area contributed by atoms with E-state index in [1.807, 2.05) is 20.8 Å². The molecule has 1 heterocycles. The van der Waals surface area contributed by atoms with Gasteiger partial charge in [0.25, 0.3) is 0 Å². The molecule has 1 amide bonds. The molecular weight excluding hydrogens is 272 g/mol. The van der Waals surface area contributed by atoms with Crippen LogP contribution in [0.25, 0.3) is 0 Å². The lowest BCUT2D eigenvalue weighted by molar-refractivity contribution is -0.118. The van der Waals surface area contributed by atoms with Crippen molar-refractivity contribution in [2.45, 2.75) is 20.8 Å². The Morgan fingerprint density at radius 2 is 2.25 bits per heavy atom. The van der Waals surface area contributed by atoms with Crippen molar-refractivity contribution in [1.29, 1.82) is 0 Å². The van der Waals surface area contributed by atoms with Crippen LogP contribution >= 0.6 is 15.9 Å². The summed E-state index contributed by atoms with van der Waals surface area (Å²) in [6, 6.07) is 3.55. The van der Waals surface area contributed by atoms with Crippen molar-refractivity contribution in [3.63, 3.8) is 0 Å². The van der Waals surface area contributed by atoms with E-state index >= 15 is 0 Å². The molecule has 1 aromatic heterocycles. The van der Waals surface area contributed by atoms with Gasteiger partial charge in [0, 0.05) is 5.92 Å². The summed E-state index contributed by atoms with van der Waals surface area (Å²) >= 11 is 3.26. The first-order chi connectivity index (χ1) is 7.54. The van der Waals surface area contributed by atoms with Gasteiger partial charge in [0.1, 0.15) is 4.60 Å². The lowest BCUT2D eigenvalue weighted by atomic mass is 10.2. The van der Waals surface area contributed by atoms with Crippen molar-refractivity contribution in [3.05, 3.63) is 16.7 Å². The van der Waals surface area contributed by atoms with Crippen LogP contribution < -0.4 is 10.1 Å². The Labute approximate surface area is 104 Å². The van der Waals surface area contributed by atoms with Gasteiger partial charge in [0.2, 0.25) is 5.91 Å².